The van der Waals surface area contributed by atoms with Crippen LogP contribution in [0.4, 0.5) is 0 Å². The Morgan fingerprint density at radius 2 is 1.51 bits per heavy atom. The molecule has 1 atom stereocenters. The molecule has 186 valence electrons. The molecule has 2 heterocycles. The molecule has 35 heavy (non-hydrogen) atoms. The van der Waals surface area contributed by atoms with Crippen LogP contribution >= 0.6 is 0 Å². The van der Waals surface area contributed by atoms with E-state index in [9.17, 15) is 4.79 Å². The van der Waals surface area contributed by atoms with Gasteiger partial charge >= 0.3 is 5.97 Å². The van der Waals surface area contributed by atoms with Crippen LogP contribution in [0.1, 0.15) is 64.5 Å². The molecule has 0 saturated carbocycles. The molecule has 0 spiro atoms. The van der Waals surface area contributed by atoms with E-state index in [1.165, 1.54) is 10.4 Å². The highest BCUT2D eigenvalue weighted by Gasteiger charge is 2.50. The summed E-state index contributed by atoms with van der Waals surface area (Å²) in [5, 5.41) is 5.74. The summed E-state index contributed by atoms with van der Waals surface area (Å²) in [6, 6.07) is 22.9. The lowest BCUT2D eigenvalue weighted by atomic mass is 10.0. The number of aromatic nitrogens is 1. The number of esters is 1. The van der Waals surface area contributed by atoms with E-state index in [-0.39, 0.29) is 11.0 Å². The van der Waals surface area contributed by atoms with Crippen molar-refractivity contribution < 1.29 is 14.0 Å². The van der Waals surface area contributed by atoms with Gasteiger partial charge in [-0.05, 0) is 42.2 Å². The minimum absolute atomic E-state index is 0.0947. The molecule has 1 unspecified atom stereocenters. The van der Waals surface area contributed by atoms with Crippen molar-refractivity contribution in [1.29, 1.82) is 0 Å². The van der Waals surface area contributed by atoms with Crippen LogP contribution in [-0.2, 0) is 27.0 Å². The minimum Gasteiger partial charge on any atom is -0.459 e. The van der Waals surface area contributed by atoms with Gasteiger partial charge in [0.05, 0.1) is 6.61 Å². The van der Waals surface area contributed by atoms with Gasteiger partial charge in [0, 0.05) is 29.9 Å². The summed E-state index contributed by atoms with van der Waals surface area (Å²) in [5.41, 5.74) is 2.51. The molecule has 0 aliphatic carbocycles. The lowest BCUT2D eigenvalue weighted by Crippen LogP contribution is -2.66. The standard InChI is InChI=1S/C29H38N2O3Si/c1-28(2,3)34-27(32)26-24-19-21(31-25(24)17-18-30-26)20-33-35(29(4,5)6,22-13-9-7-10-14-22)23-15-11-8-12-16-23/h7-16,19,26,30-31H,17-18,20H2,1-6H3. The number of fused-ring (bicyclic) bond motifs is 1. The fourth-order valence-corrected chi connectivity index (χ4v) is 9.62. The summed E-state index contributed by atoms with van der Waals surface area (Å²) in [6.07, 6.45) is 0.841. The van der Waals surface area contributed by atoms with Crippen molar-refractivity contribution in [3.05, 3.63) is 83.7 Å². The lowest BCUT2D eigenvalue weighted by Gasteiger charge is -2.43. The highest BCUT2D eigenvalue weighted by atomic mass is 28.4. The molecule has 6 heteroatoms. The molecule has 1 aliphatic heterocycles. The molecule has 0 bridgehead atoms. The van der Waals surface area contributed by atoms with Gasteiger partial charge in [-0.2, -0.15) is 0 Å². The molecule has 1 aliphatic rings. The number of hydrogen-bond donors (Lipinski definition) is 2. The summed E-state index contributed by atoms with van der Waals surface area (Å²) in [5.74, 6) is -0.239. The monoisotopic (exact) mass is 490 g/mol. The number of hydrogen-bond acceptors (Lipinski definition) is 4. The number of aromatic amines is 1. The van der Waals surface area contributed by atoms with E-state index in [0.717, 1.165) is 29.9 Å². The Balaban J connectivity index is 1.68. The zero-order valence-corrected chi connectivity index (χ0v) is 22.8. The van der Waals surface area contributed by atoms with E-state index in [1.54, 1.807) is 0 Å². The van der Waals surface area contributed by atoms with Gasteiger partial charge in [-0.25, -0.2) is 4.79 Å². The Morgan fingerprint density at radius 3 is 2.03 bits per heavy atom. The van der Waals surface area contributed by atoms with Gasteiger partial charge in [0.1, 0.15) is 11.6 Å². The predicted molar refractivity (Wildman–Crippen MR) is 143 cm³/mol. The average molecular weight is 491 g/mol. The maximum absolute atomic E-state index is 12.9. The van der Waals surface area contributed by atoms with Crippen LogP contribution in [0.15, 0.2) is 66.7 Å². The fraction of sp³-hybridized carbons (Fsp3) is 0.414. The first-order chi connectivity index (χ1) is 16.5. The highest BCUT2D eigenvalue weighted by molar-refractivity contribution is 6.99. The van der Waals surface area contributed by atoms with E-state index in [0.29, 0.717) is 6.61 Å². The third-order valence-electron chi connectivity index (χ3n) is 6.53. The van der Waals surface area contributed by atoms with Gasteiger partial charge < -0.3 is 19.5 Å². The minimum atomic E-state index is -2.64. The molecular weight excluding hydrogens is 452 g/mol. The average Bonchev–Trinajstić information content (AvgIpc) is 3.22. The van der Waals surface area contributed by atoms with E-state index >= 15 is 0 Å². The molecule has 2 N–H and O–H groups in total. The van der Waals surface area contributed by atoms with Crippen LogP contribution in [0.3, 0.4) is 0 Å². The Kier molecular flexibility index (Phi) is 7.09. The molecule has 5 nitrogen and oxygen atoms in total. The molecule has 0 amide bonds. The van der Waals surface area contributed by atoms with E-state index in [4.69, 9.17) is 9.16 Å². The van der Waals surface area contributed by atoms with Crippen molar-refractivity contribution >= 4 is 24.7 Å². The lowest BCUT2D eigenvalue weighted by molar-refractivity contribution is -0.157. The second-order valence-corrected chi connectivity index (χ2v) is 15.7. The van der Waals surface area contributed by atoms with Crippen LogP contribution in [0.25, 0.3) is 0 Å². The van der Waals surface area contributed by atoms with Crippen LogP contribution < -0.4 is 15.7 Å². The van der Waals surface area contributed by atoms with Gasteiger partial charge in [-0.15, -0.1) is 0 Å². The molecular formula is C29H38N2O3Si. The van der Waals surface area contributed by atoms with Gasteiger partial charge in [0.25, 0.3) is 8.32 Å². The molecule has 0 saturated heterocycles. The number of rotatable bonds is 6. The number of nitrogens with one attached hydrogen (secondary N) is 2. The van der Waals surface area contributed by atoms with Crippen molar-refractivity contribution in [1.82, 2.24) is 10.3 Å². The van der Waals surface area contributed by atoms with Crippen LogP contribution in [0.5, 0.6) is 0 Å². The van der Waals surface area contributed by atoms with Crippen molar-refractivity contribution in [2.75, 3.05) is 6.54 Å². The van der Waals surface area contributed by atoms with E-state index in [2.05, 4.69) is 97.8 Å². The zero-order chi connectivity index (χ0) is 25.3. The molecule has 1 aromatic heterocycles. The molecule has 4 rings (SSSR count). The van der Waals surface area contributed by atoms with Crippen molar-refractivity contribution in [3.8, 4) is 0 Å². The normalized spacial score (nSPS) is 16.6. The molecule has 3 aromatic rings. The van der Waals surface area contributed by atoms with Gasteiger partial charge in [-0.1, -0.05) is 81.4 Å². The first-order valence-corrected chi connectivity index (χ1v) is 14.3. The highest BCUT2D eigenvalue weighted by Crippen LogP contribution is 2.37. The van der Waals surface area contributed by atoms with Crippen LogP contribution in [0.2, 0.25) is 5.04 Å². The van der Waals surface area contributed by atoms with E-state index in [1.807, 2.05) is 20.8 Å². The maximum Gasteiger partial charge on any atom is 0.328 e. The predicted octanol–water partition coefficient (Wildman–Crippen LogP) is 4.62. The number of ether oxygens (including phenoxy) is 1. The summed E-state index contributed by atoms with van der Waals surface area (Å²) in [7, 11) is -2.64. The Hall–Kier alpha value is -2.67. The van der Waals surface area contributed by atoms with Crippen molar-refractivity contribution in [3.63, 3.8) is 0 Å². The summed E-state index contributed by atoms with van der Waals surface area (Å²) >= 11 is 0. The third-order valence-corrected chi connectivity index (χ3v) is 11.5. The van der Waals surface area contributed by atoms with Crippen molar-refractivity contribution in [2.45, 2.75) is 71.3 Å². The fourth-order valence-electron chi connectivity index (χ4n) is 5.09. The number of carbonyl (C=O) groups excluding carboxylic acids is 1. The van der Waals surface area contributed by atoms with Crippen LogP contribution in [-0.4, -0.2) is 31.4 Å². The quantitative estimate of drug-likeness (QED) is 0.391. The van der Waals surface area contributed by atoms with Crippen LogP contribution in [0, 0.1) is 0 Å². The maximum atomic E-state index is 12.9. The second-order valence-electron chi connectivity index (χ2n) is 11.4. The van der Waals surface area contributed by atoms with Gasteiger partial charge in [0.15, 0.2) is 0 Å². The molecule has 2 aromatic carbocycles. The Labute approximate surface area is 210 Å². The summed E-state index contributed by atoms with van der Waals surface area (Å²) in [6.45, 7) is 13.7. The summed E-state index contributed by atoms with van der Waals surface area (Å²) < 4.78 is 12.8. The third kappa shape index (κ3) is 5.30. The van der Waals surface area contributed by atoms with Gasteiger partial charge in [0.2, 0.25) is 0 Å². The molecule has 0 fully saturated rings. The zero-order valence-electron chi connectivity index (χ0n) is 21.8. The first kappa shape index (κ1) is 25.4. The second kappa shape index (κ2) is 9.76. The molecule has 0 radical (unpaired) electrons. The smallest absolute Gasteiger partial charge is 0.328 e. The SMILES string of the molecule is CC(C)(C)OC(=O)C1NCCc2[nH]c(CO[Si](c3ccccc3)(c3ccccc3)C(C)(C)C)cc21. The first-order valence-electron chi connectivity index (χ1n) is 12.4. The number of carbonyl (C=O) groups is 1. The number of H-pyrrole nitrogens is 1. The topological polar surface area (TPSA) is 63.3 Å². The van der Waals surface area contributed by atoms with Gasteiger partial charge in [-0.3, -0.25) is 0 Å². The summed E-state index contributed by atoms with van der Waals surface area (Å²) in [4.78, 5) is 16.4. The van der Waals surface area contributed by atoms with E-state index < -0.39 is 20.0 Å². The Bertz CT molecular complexity index is 1100. The Morgan fingerprint density at radius 1 is 0.943 bits per heavy atom. The largest absolute Gasteiger partial charge is 0.459 e. The number of benzene rings is 2. The van der Waals surface area contributed by atoms with Crippen molar-refractivity contribution in [2.24, 2.45) is 0 Å².